The number of aryl methyl sites for hydroxylation is 2. The van der Waals surface area contributed by atoms with Crippen LogP contribution in [0.15, 0.2) is 18.2 Å². The fourth-order valence-electron chi connectivity index (χ4n) is 4.19. The van der Waals surface area contributed by atoms with Crippen LogP contribution >= 0.6 is 0 Å². The molecule has 3 rings (SSSR count). The van der Waals surface area contributed by atoms with Gasteiger partial charge in [0.25, 0.3) is 5.91 Å². The highest BCUT2D eigenvalue weighted by Crippen LogP contribution is 2.39. The number of carbonyl (C=O) groups excluding carboxylic acids is 4. The van der Waals surface area contributed by atoms with E-state index in [0.717, 1.165) is 28.9 Å². The van der Waals surface area contributed by atoms with Crippen molar-refractivity contribution in [1.29, 1.82) is 0 Å². The highest BCUT2D eigenvalue weighted by molar-refractivity contribution is 6.08. The second-order valence-corrected chi connectivity index (χ2v) is 8.11. The Morgan fingerprint density at radius 3 is 2.21 bits per heavy atom. The summed E-state index contributed by atoms with van der Waals surface area (Å²) in [5.74, 6) is -2.46. The molecule has 1 N–H and O–H groups in total. The quantitative estimate of drug-likeness (QED) is 0.606. The molecule has 1 heterocycles. The maximum atomic E-state index is 12.6. The van der Waals surface area contributed by atoms with Crippen LogP contribution in [0.1, 0.15) is 50.7 Å². The SMILES string of the molecule is Cc1ccc(NC(=O)[C@@H](C)OC(=O)[C@H](C)N2C(=O)[C@H]3CCCC[C@@H]3C2=O)c(C)c1. The minimum atomic E-state index is -1.05. The number of ether oxygens (including phenoxy) is 1. The van der Waals surface area contributed by atoms with Gasteiger partial charge in [0.05, 0.1) is 11.8 Å². The number of benzene rings is 1. The Hall–Kier alpha value is -2.70. The third kappa shape index (κ3) is 4.18. The number of hydrogen-bond donors (Lipinski definition) is 1. The maximum absolute atomic E-state index is 12.6. The lowest BCUT2D eigenvalue weighted by molar-refractivity contribution is -0.163. The Balaban J connectivity index is 1.62. The van der Waals surface area contributed by atoms with E-state index in [2.05, 4.69) is 5.32 Å². The molecule has 0 unspecified atom stereocenters. The number of carbonyl (C=O) groups is 4. The number of anilines is 1. The molecule has 3 amide bonds. The fraction of sp³-hybridized carbons (Fsp3) is 0.545. The van der Waals surface area contributed by atoms with E-state index in [1.807, 2.05) is 26.0 Å². The minimum absolute atomic E-state index is 0.295. The third-order valence-electron chi connectivity index (χ3n) is 5.91. The molecule has 1 saturated carbocycles. The predicted molar refractivity (Wildman–Crippen MR) is 107 cm³/mol. The zero-order valence-electron chi connectivity index (χ0n) is 17.4. The molecule has 156 valence electrons. The van der Waals surface area contributed by atoms with Gasteiger partial charge in [-0.2, -0.15) is 0 Å². The largest absolute Gasteiger partial charge is 0.451 e. The molecule has 0 spiro atoms. The van der Waals surface area contributed by atoms with Crippen molar-refractivity contribution >= 4 is 29.4 Å². The third-order valence-corrected chi connectivity index (χ3v) is 5.91. The normalized spacial score (nSPS) is 23.4. The van der Waals surface area contributed by atoms with Crippen LogP contribution in [0, 0.1) is 25.7 Å². The number of hydrogen-bond acceptors (Lipinski definition) is 5. The van der Waals surface area contributed by atoms with Crippen LogP contribution < -0.4 is 5.32 Å². The van der Waals surface area contributed by atoms with Gasteiger partial charge in [-0.05, 0) is 52.2 Å². The standard InChI is InChI=1S/C22H28N2O5/c1-12-9-10-18(13(2)11-12)23-19(25)15(4)29-22(28)14(3)24-20(26)16-7-5-6-8-17(16)21(24)27/h9-11,14-17H,5-8H2,1-4H3,(H,23,25)/t14-,15+,16-,17-/m0/s1. The Morgan fingerprint density at radius 2 is 1.66 bits per heavy atom. The molecule has 1 saturated heterocycles. The Bertz CT molecular complexity index is 826. The van der Waals surface area contributed by atoms with Crippen LogP contribution in [-0.2, 0) is 23.9 Å². The first-order valence-electron chi connectivity index (χ1n) is 10.2. The highest BCUT2D eigenvalue weighted by atomic mass is 16.5. The van der Waals surface area contributed by atoms with Gasteiger partial charge in [-0.15, -0.1) is 0 Å². The summed E-state index contributed by atoms with van der Waals surface area (Å²) in [4.78, 5) is 51.3. The summed E-state index contributed by atoms with van der Waals surface area (Å²) < 4.78 is 5.28. The van der Waals surface area contributed by atoms with Crippen LogP contribution in [0.5, 0.6) is 0 Å². The molecule has 4 atom stereocenters. The first-order valence-corrected chi connectivity index (χ1v) is 10.2. The zero-order valence-corrected chi connectivity index (χ0v) is 17.4. The molecule has 7 heteroatoms. The van der Waals surface area contributed by atoms with Crippen molar-refractivity contribution in [2.75, 3.05) is 5.32 Å². The Labute approximate surface area is 170 Å². The van der Waals surface area contributed by atoms with Gasteiger partial charge in [0, 0.05) is 5.69 Å². The molecular weight excluding hydrogens is 372 g/mol. The first-order chi connectivity index (χ1) is 13.7. The number of fused-ring (bicyclic) bond motifs is 1. The lowest BCUT2D eigenvalue weighted by Crippen LogP contribution is -2.46. The van der Waals surface area contributed by atoms with Gasteiger partial charge in [0.15, 0.2) is 6.10 Å². The van der Waals surface area contributed by atoms with Gasteiger partial charge >= 0.3 is 5.97 Å². The summed E-state index contributed by atoms with van der Waals surface area (Å²) in [6, 6.07) is 4.57. The van der Waals surface area contributed by atoms with E-state index in [1.54, 1.807) is 6.07 Å². The number of likely N-dealkylation sites (tertiary alicyclic amines) is 1. The summed E-state index contributed by atoms with van der Waals surface area (Å²) in [7, 11) is 0. The number of nitrogens with zero attached hydrogens (tertiary/aromatic N) is 1. The molecule has 2 fully saturated rings. The zero-order chi connectivity index (χ0) is 21.3. The summed E-state index contributed by atoms with van der Waals surface area (Å²) in [5.41, 5.74) is 2.63. The number of imide groups is 1. The van der Waals surface area contributed by atoms with Gasteiger partial charge in [0.1, 0.15) is 6.04 Å². The van der Waals surface area contributed by atoms with Crippen molar-refractivity contribution in [2.24, 2.45) is 11.8 Å². The molecule has 0 bridgehead atoms. The second-order valence-electron chi connectivity index (χ2n) is 8.11. The summed E-state index contributed by atoms with van der Waals surface area (Å²) in [5, 5.41) is 2.75. The van der Waals surface area contributed by atoms with Crippen molar-refractivity contribution in [3.63, 3.8) is 0 Å². The van der Waals surface area contributed by atoms with Crippen molar-refractivity contribution in [1.82, 2.24) is 4.90 Å². The molecular formula is C22H28N2O5. The second kappa shape index (κ2) is 8.35. The van der Waals surface area contributed by atoms with E-state index in [-0.39, 0.29) is 23.7 Å². The average molecular weight is 400 g/mol. The van der Waals surface area contributed by atoms with E-state index in [1.165, 1.54) is 13.8 Å². The molecule has 29 heavy (non-hydrogen) atoms. The minimum Gasteiger partial charge on any atom is -0.451 e. The average Bonchev–Trinajstić information content (AvgIpc) is 2.94. The number of esters is 1. The smallest absolute Gasteiger partial charge is 0.329 e. The van der Waals surface area contributed by atoms with Crippen molar-refractivity contribution in [2.45, 2.75) is 65.5 Å². The highest BCUT2D eigenvalue weighted by Gasteiger charge is 2.51. The molecule has 1 aromatic rings. The van der Waals surface area contributed by atoms with Crippen molar-refractivity contribution < 1.29 is 23.9 Å². The topological polar surface area (TPSA) is 92.8 Å². The summed E-state index contributed by atoms with van der Waals surface area (Å²) >= 11 is 0. The van der Waals surface area contributed by atoms with Gasteiger partial charge in [0.2, 0.25) is 11.8 Å². The van der Waals surface area contributed by atoms with Crippen LogP contribution in [0.2, 0.25) is 0 Å². The number of rotatable bonds is 5. The Morgan fingerprint density at radius 1 is 1.07 bits per heavy atom. The van der Waals surface area contributed by atoms with Crippen molar-refractivity contribution in [3.05, 3.63) is 29.3 Å². The molecule has 0 radical (unpaired) electrons. The van der Waals surface area contributed by atoms with Crippen LogP contribution in [0.25, 0.3) is 0 Å². The van der Waals surface area contributed by atoms with Crippen molar-refractivity contribution in [3.8, 4) is 0 Å². The lowest BCUT2D eigenvalue weighted by Gasteiger charge is -2.23. The molecule has 7 nitrogen and oxygen atoms in total. The van der Waals surface area contributed by atoms with E-state index < -0.39 is 24.0 Å². The predicted octanol–water partition coefficient (Wildman–Crippen LogP) is 2.74. The molecule has 0 aromatic heterocycles. The lowest BCUT2D eigenvalue weighted by atomic mass is 9.81. The molecule has 2 aliphatic rings. The molecule has 1 aromatic carbocycles. The molecule has 1 aliphatic carbocycles. The first kappa shape index (κ1) is 21.0. The van der Waals surface area contributed by atoms with E-state index in [0.29, 0.717) is 18.5 Å². The monoisotopic (exact) mass is 400 g/mol. The van der Waals surface area contributed by atoms with Gasteiger partial charge in [-0.25, -0.2) is 4.79 Å². The van der Waals surface area contributed by atoms with Gasteiger partial charge in [-0.1, -0.05) is 30.5 Å². The van der Waals surface area contributed by atoms with Crippen LogP contribution in [0.4, 0.5) is 5.69 Å². The van der Waals surface area contributed by atoms with E-state index >= 15 is 0 Å². The summed E-state index contributed by atoms with van der Waals surface area (Å²) in [6.07, 6.45) is 2.15. The summed E-state index contributed by atoms with van der Waals surface area (Å²) in [6.45, 7) is 6.79. The molecule has 1 aliphatic heterocycles. The maximum Gasteiger partial charge on any atom is 0.329 e. The van der Waals surface area contributed by atoms with Crippen LogP contribution in [-0.4, -0.2) is 40.7 Å². The Kier molecular flexibility index (Phi) is 6.05. The number of amides is 3. The van der Waals surface area contributed by atoms with Crippen LogP contribution in [0.3, 0.4) is 0 Å². The number of nitrogens with one attached hydrogen (secondary N) is 1. The van der Waals surface area contributed by atoms with E-state index in [4.69, 9.17) is 4.74 Å². The van der Waals surface area contributed by atoms with E-state index in [9.17, 15) is 19.2 Å². The van der Waals surface area contributed by atoms with Gasteiger partial charge in [-0.3, -0.25) is 19.3 Å². The van der Waals surface area contributed by atoms with Gasteiger partial charge < -0.3 is 10.1 Å². The fourth-order valence-corrected chi connectivity index (χ4v) is 4.19.